The number of hydrogen-bond donors (Lipinski definition) is 1. The molecular weight excluding hydrogens is 228 g/mol. The maximum atomic E-state index is 12.0. The summed E-state index contributed by atoms with van der Waals surface area (Å²) in [6.07, 6.45) is 0.488. The number of rotatable bonds is 0. The number of H-pyrrole nitrogens is 1. The standard InChI is InChI=1S/C11H9ClN2O2/c12-7-4-5-14-9-6(10(7)15)2-1-3-8(9)13-11(14)16/h1-3,7H,4-5H2,(H,13,16). The van der Waals surface area contributed by atoms with Gasteiger partial charge in [0.2, 0.25) is 0 Å². The second kappa shape index (κ2) is 3.22. The molecule has 1 unspecified atom stereocenters. The van der Waals surface area contributed by atoms with Crippen molar-refractivity contribution in [1.29, 1.82) is 0 Å². The highest BCUT2D eigenvalue weighted by Crippen LogP contribution is 2.24. The molecule has 1 aromatic heterocycles. The first-order valence-corrected chi connectivity index (χ1v) is 5.52. The number of halogens is 1. The Labute approximate surface area is 95.8 Å². The first-order valence-electron chi connectivity index (χ1n) is 5.08. The van der Waals surface area contributed by atoms with Crippen LogP contribution in [0.5, 0.6) is 0 Å². The minimum absolute atomic E-state index is 0.0995. The number of aryl methyl sites for hydroxylation is 1. The monoisotopic (exact) mass is 236 g/mol. The number of aromatic amines is 1. The van der Waals surface area contributed by atoms with Crippen molar-refractivity contribution in [2.24, 2.45) is 0 Å². The van der Waals surface area contributed by atoms with Crippen molar-refractivity contribution < 1.29 is 4.79 Å². The van der Waals surface area contributed by atoms with Gasteiger partial charge in [-0.3, -0.25) is 9.36 Å². The summed E-state index contributed by atoms with van der Waals surface area (Å²) < 4.78 is 1.59. The summed E-state index contributed by atoms with van der Waals surface area (Å²) in [5, 5.41) is -0.537. The third-order valence-corrected chi connectivity index (χ3v) is 3.37. The van der Waals surface area contributed by atoms with Gasteiger partial charge >= 0.3 is 5.69 Å². The Bertz CT molecular complexity index is 641. The van der Waals surface area contributed by atoms with E-state index in [0.717, 1.165) is 0 Å². The number of imidazole rings is 1. The summed E-state index contributed by atoms with van der Waals surface area (Å²) in [6.45, 7) is 0.482. The number of hydrogen-bond acceptors (Lipinski definition) is 2. The lowest BCUT2D eigenvalue weighted by molar-refractivity contribution is 0.0986. The maximum Gasteiger partial charge on any atom is 0.326 e. The zero-order valence-electron chi connectivity index (χ0n) is 8.37. The van der Waals surface area contributed by atoms with Crippen LogP contribution >= 0.6 is 11.6 Å². The lowest BCUT2D eigenvalue weighted by atomic mass is 10.1. The number of carbonyl (C=O) groups excluding carboxylic acids is 1. The predicted octanol–water partition coefficient (Wildman–Crippen LogP) is 1.52. The molecule has 0 saturated carbocycles. The Morgan fingerprint density at radius 1 is 1.38 bits per heavy atom. The van der Waals surface area contributed by atoms with Gasteiger partial charge in [0.05, 0.1) is 16.4 Å². The van der Waals surface area contributed by atoms with Crippen LogP contribution in [0.1, 0.15) is 16.8 Å². The number of para-hydroxylation sites is 1. The van der Waals surface area contributed by atoms with E-state index in [1.807, 2.05) is 0 Å². The lowest BCUT2D eigenvalue weighted by Crippen LogP contribution is -2.18. The summed E-state index contributed by atoms with van der Waals surface area (Å²) in [7, 11) is 0. The minimum atomic E-state index is -0.537. The fourth-order valence-electron chi connectivity index (χ4n) is 2.17. The Hall–Kier alpha value is -1.55. The van der Waals surface area contributed by atoms with Crippen LogP contribution < -0.4 is 5.69 Å². The van der Waals surface area contributed by atoms with Gasteiger partial charge in [0.1, 0.15) is 0 Å². The molecule has 4 nitrogen and oxygen atoms in total. The van der Waals surface area contributed by atoms with Gasteiger partial charge in [0.15, 0.2) is 5.78 Å². The Morgan fingerprint density at radius 3 is 3.00 bits per heavy atom. The molecule has 1 atom stereocenters. The van der Waals surface area contributed by atoms with Crippen molar-refractivity contribution in [2.75, 3.05) is 0 Å². The van der Waals surface area contributed by atoms with Crippen LogP contribution in [0.4, 0.5) is 0 Å². The summed E-state index contributed by atoms with van der Waals surface area (Å²) in [4.78, 5) is 26.4. The summed E-state index contributed by atoms with van der Waals surface area (Å²) >= 11 is 5.98. The van der Waals surface area contributed by atoms with Crippen LogP contribution in [0.25, 0.3) is 11.0 Å². The zero-order valence-corrected chi connectivity index (χ0v) is 9.12. The molecule has 1 N–H and O–H groups in total. The average Bonchev–Trinajstić information content (AvgIpc) is 2.53. The topological polar surface area (TPSA) is 54.9 Å². The molecule has 0 fully saturated rings. The highest BCUT2D eigenvalue weighted by molar-refractivity contribution is 6.35. The van der Waals surface area contributed by atoms with Crippen molar-refractivity contribution in [3.05, 3.63) is 34.2 Å². The molecule has 0 spiro atoms. The number of benzene rings is 1. The fourth-order valence-corrected chi connectivity index (χ4v) is 2.39. The van der Waals surface area contributed by atoms with E-state index in [1.165, 1.54) is 0 Å². The Kier molecular flexibility index (Phi) is 1.94. The van der Waals surface area contributed by atoms with Gasteiger partial charge in [-0.2, -0.15) is 0 Å². The lowest BCUT2D eigenvalue weighted by Gasteiger charge is -2.03. The van der Waals surface area contributed by atoms with Gasteiger partial charge in [-0.15, -0.1) is 11.6 Å². The number of Topliss-reactive ketones (excluding diaryl/α,β-unsaturated/α-hetero) is 1. The maximum absolute atomic E-state index is 12.0. The summed E-state index contributed by atoms with van der Waals surface area (Å²) in [5.74, 6) is -0.0995. The van der Waals surface area contributed by atoms with Crippen molar-refractivity contribution in [3.63, 3.8) is 0 Å². The van der Waals surface area contributed by atoms with Crippen molar-refractivity contribution >= 4 is 28.4 Å². The second-order valence-corrected chi connectivity index (χ2v) is 4.43. The average molecular weight is 237 g/mol. The minimum Gasteiger partial charge on any atom is -0.306 e. The molecular formula is C11H9ClN2O2. The molecule has 1 aliphatic heterocycles. The predicted molar refractivity (Wildman–Crippen MR) is 61.1 cm³/mol. The smallest absolute Gasteiger partial charge is 0.306 e. The van der Waals surface area contributed by atoms with Crippen LogP contribution in [0.3, 0.4) is 0 Å². The van der Waals surface area contributed by atoms with Crippen molar-refractivity contribution in [3.8, 4) is 0 Å². The highest BCUT2D eigenvalue weighted by Gasteiger charge is 2.25. The van der Waals surface area contributed by atoms with E-state index < -0.39 is 5.38 Å². The molecule has 1 aromatic carbocycles. The normalized spacial score (nSPS) is 20.1. The van der Waals surface area contributed by atoms with Crippen LogP contribution in [0.2, 0.25) is 0 Å². The number of aromatic nitrogens is 2. The molecule has 1 aliphatic rings. The summed E-state index contributed by atoms with van der Waals surface area (Å²) in [6, 6.07) is 5.26. The van der Waals surface area contributed by atoms with E-state index >= 15 is 0 Å². The van der Waals surface area contributed by atoms with Crippen LogP contribution in [-0.2, 0) is 6.54 Å². The third kappa shape index (κ3) is 1.16. The number of nitrogens with one attached hydrogen (secondary N) is 1. The number of carbonyl (C=O) groups is 1. The molecule has 0 aliphatic carbocycles. The van der Waals surface area contributed by atoms with Crippen molar-refractivity contribution in [1.82, 2.24) is 9.55 Å². The molecule has 2 aromatic rings. The van der Waals surface area contributed by atoms with E-state index in [1.54, 1.807) is 22.8 Å². The first-order chi connectivity index (χ1) is 7.68. The number of nitrogens with zero attached hydrogens (tertiary/aromatic N) is 1. The number of ketones is 1. The van der Waals surface area contributed by atoms with E-state index in [0.29, 0.717) is 29.6 Å². The molecule has 0 amide bonds. The van der Waals surface area contributed by atoms with Gasteiger partial charge in [-0.1, -0.05) is 6.07 Å². The van der Waals surface area contributed by atoms with E-state index in [4.69, 9.17) is 11.6 Å². The largest absolute Gasteiger partial charge is 0.326 e. The number of alkyl halides is 1. The molecule has 16 heavy (non-hydrogen) atoms. The van der Waals surface area contributed by atoms with Crippen LogP contribution in [-0.4, -0.2) is 20.7 Å². The van der Waals surface area contributed by atoms with E-state index in [9.17, 15) is 9.59 Å². The second-order valence-electron chi connectivity index (χ2n) is 3.90. The zero-order chi connectivity index (χ0) is 11.3. The van der Waals surface area contributed by atoms with Gasteiger partial charge in [-0.25, -0.2) is 4.79 Å². The van der Waals surface area contributed by atoms with Gasteiger partial charge in [0, 0.05) is 12.1 Å². The third-order valence-electron chi connectivity index (χ3n) is 2.95. The molecule has 5 heteroatoms. The Morgan fingerprint density at radius 2 is 2.19 bits per heavy atom. The van der Waals surface area contributed by atoms with Crippen LogP contribution in [0, 0.1) is 0 Å². The molecule has 0 saturated heterocycles. The molecule has 3 rings (SSSR count). The first kappa shape index (κ1) is 9.66. The molecule has 0 bridgehead atoms. The van der Waals surface area contributed by atoms with Crippen LogP contribution in [0.15, 0.2) is 23.0 Å². The molecule has 82 valence electrons. The molecule has 0 radical (unpaired) electrons. The fraction of sp³-hybridized carbons (Fsp3) is 0.273. The van der Waals surface area contributed by atoms with Gasteiger partial charge in [0.25, 0.3) is 0 Å². The molecule has 2 heterocycles. The highest BCUT2D eigenvalue weighted by atomic mass is 35.5. The van der Waals surface area contributed by atoms with E-state index in [-0.39, 0.29) is 11.5 Å². The van der Waals surface area contributed by atoms with Gasteiger partial charge < -0.3 is 4.98 Å². The summed E-state index contributed by atoms with van der Waals surface area (Å²) in [5.41, 5.74) is 1.73. The van der Waals surface area contributed by atoms with Crippen molar-refractivity contribution in [2.45, 2.75) is 18.3 Å². The Balaban J connectivity index is 2.46. The quantitative estimate of drug-likeness (QED) is 0.706. The SMILES string of the molecule is O=C1c2cccc3[nH]c(=O)n(c23)CCC1Cl. The van der Waals surface area contributed by atoms with Gasteiger partial charge in [-0.05, 0) is 18.6 Å². The van der Waals surface area contributed by atoms with E-state index in [2.05, 4.69) is 4.98 Å².